The molecule has 0 aliphatic carbocycles. The van der Waals surface area contributed by atoms with Gasteiger partial charge in [0.15, 0.2) is 5.78 Å². The van der Waals surface area contributed by atoms with Gasteiger partial charge in [0.25, 0.3) is 0 Å². The van der Waals surface area contributed by atoms with E-state index in [0.717, 1.165) is 5.56 Å². The van der Waals surface area contributed by atoms with Crippen LogP contribution in [0.1, 0.15) is 15.9 Å². The standard InChI is InChI=1S/C14H12ClNO2/c15-9-13(17)12-6-4-11(5-7-12)10-18-14-3-1-2-8-16-14/h1-8H,9-10H2. The number of ether oxygens (including phenoxy) is 1. The van der Waals surface area contributed by atoms with Crippen molar-refractivity contribution < 1.29 is 9.53 Å². The van der Waals surface area contributed by atoms with E-state index in [1.54, 1.807) is 24.4 Å². The van der Waals surface area contributed by atoms with E-state index in [-0.39, 0.29) is 11.7 Å². The first-order valence-electron chi connectivity index (χ1n) is 5.51. The summed E-state index contributed by atoms with van der Waals surface area (Å²) in [4.78, 5) is 15.4. The lowest BCUT2D eigenvalue weighted by Crippen LogP contribution is -2.01. The van der Waals surface area contributed by atoms with E-state index in [2.05, 4.69) is 4.98 Å². The Morgan fingerprint density at radius 1 is 1.17 bits per heavy atom. The molecule has 0 amide bonds. The zero-order valence-corrected chi connectivity index (χ0v) is 10.4. The minimum absolute atomic E-state index is 0.00375. The lowest BCUT2D eigenvalue weighted by Gasteiger charge is -2.05. The number of halogens is 1. The van der Waals surface area contributed by atoms with Gasteiger partial charge in [0.2, 0.25) is 5.88 Å². The van der Waals surface area contributed by atoms with Crippen LogP contribution < -0.4 is 4.74 Å². The molecule has 0 atom stereocenters. The molecule has 0 fully saturated rings. The van der Waals surface area contributed by atoms with Gasteiger partial charge in [-0.15, -0.1) is 11.6 Å². The van der Waals surface area contributed by atoms with Crippen LogP contribution in [0.3, 0.4) is 0 Å². The van der Waals surface area contributed by atoms with E-state index in [4.69, 9.17) is 16.3 Å². The summed E-state index contributed by atoms with van der Waals surface area (Å²) in [6, 6.07) is 12.7. The highest BCUT2D eigenvalue weighted by atomic mass is 35.5. The number of rotatable bonds is 5. The zero-order chi connectivity index (χ0) is 12.8. The SMILES string of the molecule is O=C(CCl)c1ccc(COc2ccccn2)cc1. The third-order valence-electron chi connectivity index (χ3n) is 2.42. The van der Waals surface area contributed by atoms with Gasteiger partial charge in [0.05, 0.1) is 5.88 Å². The van der Waals surface area contributed by atoms with Gasteiger partial charge in [0, 0.05) is 17.8 Å². The molecule has 92 valence electrons. The number of benzene rings is 1. The van der Waals surface area contributed by atoms with Crippen molar-refractivity contribution in [3.8, 4) is 5.88 Å². The summed E-state index contributed by atoms with van der Waals surface area (Å²) < 4.78 is 5.50. The van der Waals surface area contributed by atoms with Gasteiger partial charge >= 0.3 is 0 Å². The smallest absolute Gasteiger partial charge is 0.213 e. The number of carbonyl (C=O) groups excluding carboxylic acids is 1. The Hall–Kier alpha value is -1.87. The van der Waals surface area contributed by atoms with Crippen LogP contribution in [0.4, 0.5) is 0 Å². The Morgan fingerprint density at radius 2 is 1.94 bits per heavy atom. The zero-order valence-electron chi connectivity index (χ0n) is 9.67. The molecular weight excluding hydrogens is 250 g/mol. The summed E-state index contributed by atoms with van der Waals surface area (Å²) in [5.74, 6) is 0.510. The topological polar surface area (TPSA) is 39.2 Å². The first-order valence-corrected chi connectivity index (χ1v) is 6.05. The largest absolute Gasteiger partial charge is 0.473 e. The fourth-order valence-electron chi connectivity index (χ4n) is 1.45. The van der Waals surface area contributed by atoms with Crippen LogP contribution in [0.5, 0.6) is 5.88 Å². The molecule has 2 rings (SSSR count). The number of carbonyl (C=O) groups is 1. The first-order chi connectivity index (χ1) is 8.79. The average molecular weight is 262 g/mol. The second-order valence-electron chi connectivity index (χ2n) is 3.71. The molecule has 1 heterocycles. The van der Waals surface area contributed by atoms with Gasteiger partial charge in [-0.05, 0) is 11.6 Å². The highest BCUT2D eigenvalue weighted by Gasteiger charge is 2.03. The Kier molecular flexibility index (Phi) is 4.31. The summed E-state index contributed by atoms with van der Waals surface area (Å²) in [6.45, 7) is 0.423. The molecule has 1 aromatic carbocycles. The van der Waals surface area contributed by atoms with Crippen molar-refractivity contribution in [3.63, 3.8) is 0 Å². The van der Waals surface area contributed by atoms with Crippen LogP contribution in [-0.2, 0) is 6.61 Å². The fraction of sp³-hybridized carbons (Fsp3) is 0.143. The maximum atomic E-state index is 11.3. The van der Waals surface area contributed by atoms with E-state index < -0.39 is 0 Å². The number of Topliss-reactive ketones (excluding diaryl/α,β-unsaturated/α-hetero) is 1. The fourth-order valence-corrected chi connectivity index (χ4v) is 1.61. The second-order valence-corrected chi connectivity index (χ2v) is 3.98. The molecule has 1 aromatic heterocycles. The van der Waals surface area contributed by atoms with Crippen LogP contribution in [0, 0.1) is 0 Å². The summed E-state index contributed by atoms with van der Waals surface area (Å²) >= 11 is 5.49. The van der Waals surface area contributed by atoms with Crippen LogP contribution in [-0.4, -0.2) is 16.6 Å². The molecule has 18 heavy (non-hydrogen) atoms. The highest BCUT2D eigenvalue weighted by molar-refractivity contribution is 6.30. The number of hydrogen-bond donors (Lipinski definition) is 0. The number of aromatic nitrogens is 1. The monoisotopic (exact) mass is 261 g/mol. The predicted octanol–water partition coefficient (Wildman–Crippen LogP) is 3.08. The predicted molar refractivity (Wildman–Crippen MR) is 70.1 cm³/mol. The van der Waals surface area contributed by atoms with Gasteiger partial charge < -0.3 is 4.74 Å². The normalized spacial score (nSPS) is 10.1. The maximum absolute atomic E-state index is 11.3. The van der Waals surface area contributed by atoms with E-state index in [1.165, 1.54) is 0 Å². The van der Waals surface area contributed by atoms with Crippen LogP contribution in [0.15, 0.2) is 48.7 Å². The molecule has 3 nitrogen and oxygen atoms in total. The van der Waals surface area contributed by atoms with E-state index in [9.17, 15) is 4.79 Å². The number of pyridine rings is 1. The van der Waals surface area contributed by atoms with Crippen molar-refractivity contribution in [3.05, 3.63) is 59.8 Å². The Labute approximate surface area is 110 Å². The van der Waals surface area contributed by atoms with Gasteiger partial charge in [-0.3, -0.25) is 4.79 Å². The minimum atomic E-state index is -0.0751. The molecule has 0 bridgehead atoms. The Balaban J connectivity index is 1.97. The quantitative estimate of drug-likeness (QED) is 0.613. The van der Waals surface area contributed by atoms with Crippen molar-refractivity contribution in [1.82, 2.24) is 4.98 Å². The number of nitrogens with zero attached hydrogens (tertiary/aromatic N) is 1. The van der Waals surface area contributed by atoms with Gasteiger partial charge in [0.1, 0.15) is 6.61 Å². The number of hydrogen-bond acceptors (Lipinski definition) is 3. The molecule has 0 saturated carbocycles. The van der Waals surface area contributed by atoms with Crippen LogP contribution in [0.25, 0.3) is 0 Å². The molecule has 0 spiro atoms. The lowest BCUT2D eigenvalue weighted by molar-refractivity contribution is 0.102. The van der Waals surface area contributed by atoms with Crippen LogP contribution >= 0.6 is 11.6 Å². The Morgan fingerprint density at radius 3 is 2.56 bits per heavy atom. The third-order valence-corrected chi connectivity index (χ3v) is 2.66. The van der Waals surface area contributed by atoms with E-state index >= 15 is 0 Å². The molecular formula is C14H12ClNO2. The molecule has 0 saturated heterocycles. The van der Waals surface area contributed by atoms with Crippen molar-refractivity contribution in [1.29, 1.82) is 0 Å². The Bertz CT molecular complexity index is 511. The summed E-state index contributed by atoms with van der Waals surface area (Å²) in [6.07, 6.45) is 1.68. The average Bonchev–Trinajstić information content (AvgIpc) is 2.46. The molecule has 0 aliphatic heterocycles. The summed E-state index contributed by atoms with van der Waals surface area (Å²) in [7, 11) is 0. The molecule has 0 radical (unpaired) electrons. The van der Waals surface area contributed by atoms with Crippen molar-refractivity contribution in [2.45, 2.75) is 6.61 Å². The van der Waals surface area contributed by atoms with Crippen molar-refractivity contribution in [2.75, 3.05) is 5.88 Å². The van der Waals surface area contributed by atoms with Gasteiger partial charge in [-0.1, -0.05) is 30.3 Å². The van der Waals surface area contributed by atoms with Crippen molar-refractivity contribution in [2.24, 2.45) is 0 Å². The van der Waals surface area contributed by atoms with E-state index in [1.807, 2.05) is 24.3 Å². The number of alkyl halides is 1. The minimum Gasteiger partial charge on any atom is -0.473 e. The lowest BCUT2D eigenvalue weighted by atomic mass is 10.1. The van der Waals surface area contributed by atoms with Crippen molar-refractivity contribution >= 4 is 17.4 Å². The van der Waals surface area contributed by atoms with E-state index in [0.29, 0.717) is 18.1 Å². The molecule has 0 N–H and O–H groups in total. The molecule has 0 unspecified atom stereocenters. The maximum Gasteiger partial charge on any atom is 0.213 e. The second kappa shape index (κ2) is 6.17. The molecule has 2 aromatic rings. The molecule has 0 aliphatic rings. The summed E-state index contributed by atoms with van der Waals surface area (Å²) in [5.41, 5.74) is 1.60. The van der Waals surface area contributed by atoms with Gasteiger partial charge in [-0.2, -0.15) is 0 Å². The van der Waals surface area contributed by atoms with Gasteiger partial charge in [-0.25, -0.2) is 4.98 Å². The number of ketones is 1. The first kappa shape index (κ1) is 12.6. The third kappa shape index (κ3) is 3.31. The molecule has 4 heteroatoms. The summed E-state index contributed by atoms with van der Waals surface area (Å²) in [5, 5.41) is 0. The van der Waals surface area contributed by atoms with Crippen LogP contribution in [0.2, 0.25) is 0 Å². The highest BCUT2D eigenvalue weighted by Crippen LogP contribution is 2.10.